The van der Waals surface area contributed by atoms with Crippen molar-refractivity contribution in [3.63, 3.8) is 0 Å². The van der Waals surface area contributed by atoms with Crippen molar-refractivity contribution >= 4 is 70.9 Å². The Morgan fingerprint density at radius 1 is 0.346 bits per heavy atom. The predicted molar refractivity (Wildman–Crippen MR) is 222 cm³/mol. The monoisotopic (exact) mass is 662 g/mol. The predicted octanol–water partition coefficient (Wildman–Crippen LogP) is 13.7. The van der Waals surface area contributed by atoms with E-state index in [1.54, 1.807) is 0 Å². The van der Waals surface area contributed by atoms with Crippen molar-refractivity contribution in [3.05, 3.63) is 182 Å². The SMILES string of the molecule is C1=CC(n2c3ccccc3c3cc(-c4c5ccccc5c(-c5ccc6c(c5)c5ccccc5n6-c5ccccc5)c5ccccc45)ccc32)=CCC1. The van der Waals surface area contributed by atoms with E-state index >= 15 is 0 Å². The van der Waals surface area contributed by atoms with E-state index in [-0.39, 0.29) is 0 Å². The quantitative estimate of drug-likeness (QED) is 0.166. The highest BCUT2D eigenvalue weighted by Crippen LogP contribution is 2.46. The van der Waals surface area contributed by atoms with E-state index in [2.05, 4.69) is 191 Å². The largest absolute Gasteiger partial charge is 0.310 e. The van der Waals surface area contributed by atoms with Gasteiger partial charge in [0.25, 0.3) is 0 Å². The maximum Gasteiger partial charge on any atom is 0.0541 e. The first kappa shape index (κ1) is 29.1. The van der Waals surface area contributed by atoms with Gasteiger partial charge in [0.2, 0.25) is 0 Å². The molecule has 0 bridgehead atoms. The molecule has 1 aliphatic carbocycles. The summed E-state index contributed by atoms with van der Waals surface area (Å²) in [4.78, 5) is 0. The summed E-state index contributed by atoms with van der Waals surface area (Å²) in [7, 11) is 0. The lowest BCUT2D eigenvalue weighted by atomic mass is 9.85. The topological polar surface area (TPSA) is 9.86 Å². The van der Waals surface area contributed by atoms with Crippen molar-refractivity contribution in [1.29, 1.82) is 0 Å². The number of nitrogens with zero attached hydrogens (tertiary/aromatic N) is 2. The van der Waals surface area contributed by atoms with E-state index in [4.69, 9.17) is 0 Å². The molecule has 0 saturated carbocycles. The van der Waals surface area contributed by atoms with Gasteiger partial charge in [-0.3, -0.25) is 0 Å². The van der Waals surface area contributed by atoms with Crippen LogP contribution in [0.2, 0.25) is 0 Å². The molecule has 0 saturated heterocycles. The van der Waals surface area contributed by atoms with Crippen LogP contribution in [0.25, 0.3) is 98.8 Å². The molecule has 2 heteroatoms. The summed E-state index contributed by atoms with van der Waals surface area (Å²) < 4.78 is 4.83. The Morgan fingerprint density at radius 3 is 1.31 bits per heavy atom. The molecule has 52 heavy (non-hydrogen) atoms. The van der Waals surface area contributed by atoms with Crippen LogP contribution >= 0.6 is 0 Å². The number of para-hydroxylation sites is 3. The van der Waals surface area contributed by atoms with E-state index in [1.807, 2.05) is 0 Å². The number of rotatable bonds is 4. The average molecular weight is 663 g/mol. The lowest BCUT2D eigenvalue weighted by molar-refractivity contribution is 1.02. The number of benzene rings is 8. The van der Waals surface area contributed by atoms with Crippen LogP contribution in [-0.2, 0) is 0 Å². The fourth-order valence-corrected chi connectivity index (χ4v) is 8.91. The lowest BCUT2D eigenvalue weighted by Gasteiger charge is -2.18. The van der Waals surface area contributed by atoms with Gasteiger partial charge in [-0.2, -0.15) is 0 Å². The van der Waals surface area contributed by atoms with Crippen LogP contribution in [0.4, 0.5) is 0 Å². The molecule has 0 spiro atoms. The number of allylic oxidation sites excluding steroid dienone is 4. The number of fused-ring (bicyclic) bond motifs is 8. The second kappa shape index (κ2) is 11.4. The van der Waals surface area contributed by atoms with Gasteiger partial charge in [0, 0.05) is 32.9 Å². The van der Waals surface area contributed by atoms with Crippen LogP contribution in [-0.4, -0.2) is 9.13 Å². The summed E-state index contributed by atoms with van der Waals surface area (Å²) in [5, 5.41) is 10.2. The van der Waals surface area contributed by atoms with Crippen molar-refractivity contribution in [2.75, 3.05) is 0 Å². The first-order valence-corrected chi connectivity index (χ1v) is 18.3. The Bertz CT molecular complexity index is 3060. The molecule has 0 fully saturated rings. The molecule has 1 aliphatic rings. The average Bonchev–Trinajstić information content (AvgIpc) is 3.73. The molecule has 0 unspecified atom stereocenters. The molecule has 2 aromatic heterocycles. The Morgan fingerprint density at radius 2 is 0.788 bits per heavy atom. The van der Waals surface area contributed by atoms with E-state index < -0.39 is 0 Å². The Balaban J connectivity index is 1.17. The van der Waals surface area contributed by atoms with Gasteiger partial charge in [0.1, 0.15) is 0 Å². The molecule has 10 aromatic rings. The standard InChI is InChI=1S/C50H34N2/c1-3-15-35(16-4-1)51-45-25-13-11-19-37(45)43-31-33(27-29-47(43)51)49-39-21-7-9-23-41(39)50(42-24-10-8-22-40(42)49)34-28-30-48-44(32-34)38-20-12-14-26-46(38)52(48)36-17-5-2-6-18-36/h1,3-5,7-32H,2,6H2. The summed E-state index contributed by atoms with van der Waals surface area (Å²) in [5.74, 6) is 0. The summed E-state index contributed by atoms with van der Waals surface area (Å²) in [6, 6.07) is 60.5. The Kier molecular flexibility index (Phi) is 6.41. The molecular formula is C50H34N2. The fraction of sp³-hybridized carbons (Fsp3) is 0.0400. The second-order valence-corrected chi connectivity index (χ2v) is 14.0. The maximum atomic E-state index is 2.44. The minimum Gasteiger partial charge on any atom is -0.310 e. The third kappa shape index (κ3) is 4.25. The molecule has 0 radical (unpaired) electrons. The molecule has 2 heterocycles. The third-order valence-electron chi connectivity index (χ3n) is 11.1. The summed E-state index contributed by atoms with van der Waals surface area (Å²) in [6.07, 6.45) is 9.12. The van der Waals surface area contributed by atoms with Crippen molar-refractivity contribution in [2.24, 2.45) is 0 Å². The third-order valence-corrected chi connectivity index (χ3v) is 11.1. The molecule has 0 aliphatic heterocycles. The minimum absolute atomic E-state index is 1.07. The van der Waals surface area contributed by atoms with Gasteiger partial charge in [0.15, 0.2) is 0 Å². The molecular weight excluding hydrogens is 629 g/mol. The van der Waals surface area contributed by atoms with Gasteiger partial charge in [-0.1, -0.05) is 127 Å². The molecule has 244 valence electrons. The van der Waals surface area contributed by atoms with Crippen LogP contribution in [0.15, 0.2) is 182 Å². The first-order valence-electron chi connectivity index (χ1n) is 18.3. The highest BCUT2D eigenvalue weighted by atomic mass is 15.0. The zero-order valence-electron chi connectivity index (χ0n) is 28.6. The van der Waals surface area contributed by atoms with Crippen LogP contribution in [0.1, 0.15) is 12.8 Å². The first-order chi connectivity index (χ1) is 25.8. The van der Waals surface area contributed by atoms with Gasteiger partial charge in [-0.25, -0.2) is 0 Å². The number of aromatic nitrogens is 2. The zero-order chi connectivity index (χ0) is 34.2. The Labute approximate surface area is 301 Å². The molecule has 11 rings (SSSR count). The van der Waals surface area contributed by atoms with Crippen molar-refractivity contribution in [3.8, 4) is 27.9 Å². The van der Waals surface area contributed by atoms with Crippen LogP contribution in [0.5, 0.6) is 0 Å². The van der Waals surface area contributed by atoms with E-state index in [9.17, 15) is 0 Å². The number of hydrogen-bond acceptors (Lipinski definition) is 0. The van der Waals surface area contributed by atoms with E-state index in [1.165, 1.54) is 98.8 Å². The molecule has 2 nitrogen and oxygen atoms in total. The van der Waals surface area contributed by atoms with E-state index in [0.717, 1.165) is 12.8 Å². The maximum absolute atomic E-state index is 2.44. The van der Waals surface area contributed by atoms with Gasteiger partial charge in [-0.05, 0) is 111 Å². The second-order valence-electron chi connectivity index (χ2n) is 14.0. The van der Waals surface area contributed by atoms with Crippen LogP contribution < -0.4 is 0 Å². The van der Waals surface area contributed by atoms with Gasteiger partial charge >= 0.3 is 0 Å². The van der Waals surface area contributed by atoms with Gasteiger partial charge < -0.3 is 9.13 Å². The summed E-state index contributed by atoms with van der Waals surface area (Å²) in [6.45, 7) is 0. The number of hydrogen-bond donors (Lipinski definition) is 0. The van der Waals surface area contributed by atoms with Crippen molar-refractivity contribution in [2.45, 2.75) is 12.8 Å². The van der Waals surface area contributed by atoms with Crippen molar-refractivity contribution in [1.82, 2.24) is 9.13 Å². The molecule has 0 N–H and O–H groups in total. The van der Waals surface area contributed by atoms with Gasteiger partial charge in [0.05, 0.1) is 22.1 Å². The highest BCUT2D eigenvalue weighted by molar-refractivity contribution is 6.23. The normalized spacial score (nSPS) is 13.3. The zero-order valence-corrected chi connectivity index (χ0v) is 28.6. The summed E-state index contributed by atoms with van der Waals surface area (Å²) in [5.41, 5.74) is 12.4. The van der Waals surface area contributed by atoms with Crippen LogP contribution in [0.3, 0.4) is 0 Å². The Hall–Kier alpha value is -6.64. The minimum atomic E-state index is 1.07. The molecule has 0 amide bonds. The van der Waals surface area contributed by atoms with Crippen molar-refractivity contribution < 1.29 is 0 Å². The van der Waals surface area contributed by atoms with Gasteiger partial charge in [-0.15, -0.1) is 0 Å². The highest BCUT2D eigenvalue weighted by Gasteiger charge is 2.20. The summed E-state index contributed by atoms with van der Waals surface area (Å²) >= 11 is 0. The smallest absolute Gasteiger partial charge is 0.0541 e. The lowest BCUT2D eigenvalue weighted by Crippen LogP contribution is -1.97. The van der Waals surface area contributed by atoms with E-state index in [0.29, 0.717) is 0 Å². The molecule has 0 atom stereocenters. The molecule has 8 aromatic carbocycles. The fourth-order valence-electron chi connectivity index (χ4n) is 8.91. The van der Waals surface area contributed by atoms with Crippen LogP contribution in [0, 0.1) is 0 Å².